The highest BCUT2D eigenvalue weighted by Crippen LogP contribution is 2.24. The fraction of sp³-hybridized carbons (Fsp3) is 0.750. The molecule has 1 saturated carbocycles. The highest BCUT2D eigenvalue weighted by Gasteiger charge is 2.23. The molecule has 0 bridgehead atoms. The van der Waals surface area contributed by atoms with E-state index in [1.165, 1.54) is 12.8 Å². The van der Waals surface area contributed by atoms with Crippen molar-refractivity contribution in [2.24, 2.45) is 0 Å². The fourth-order valence-corrected chi connectivity index (χ4v) is 0.929. The lowest BCUT2D eigenvalue weighted by atomic mass is 10.2. The van der Waals surface area contributed by atoms with Gasteiger partial charge in [0.1, 0.15) is 0 Å². The van der Waals surface area contributed by atoms with E-state index in [4.69, 9.17) is 4.42 Å². The minimum atomic E-state index is 0. The van der Waals surface area contributed by atoms with Crippen LogP contribution in [0.4, 0.5) is 6.01 Å². The molecular formula is C8H15N3O. The zero-order valence-corrected chi connectivity index (χ0v) is 7.37. The maximum absolute atomic E-state index is 5.36. The normalized spacial score (nSPS) is 16.9. The predicted molar refractivity (Wildman–Crippen MR) is 47.1 cm³/mol. The minimum Gasteiger partial charge on any atom is -0.408 e. The molecule has 68 valence electrons. The van der Waals surface area contributed by atoms with E-state index < -0.39 is 0 Å². The van der Waals surface area contributed by atoms with Gasteiger partial charge in [0.05, 0.1) is 0 Å². The molecule has 2 rings (SSSR count). The zero-order chi connectivity index (χ0) is 8.55. The van der Waals surface area contributed by atoms with Gasteiger partial charge in [0.25, 0.3) is 0 Å². The van der Waals surface area contributed by atoms with Crippen LogP contribution in [0.1, 0.15) is 39.9 Å². The maximum Gasteiger partial charge on any atom is 0.315 e. The molecule has 12 heavy (non-hydrogen) atoms. The van der Waals surface area contributed by atoms with Crippen molar-refractivity contribution in [2.75, 3.05) is 5.32 Å². The predicted octanol–water partition coefficient (Wildman–Crippen LogP) is 2.01. The first-order valence-electron chi connectivity index (χ1n) is 4.35. The lowest BCUT2D eigenvalue weighted by Crippen LogP contribution is -2.00. The Kier molecular flexibility index (Phi) is 1.75. The van der Waals surface area contributed by atoms with Gasteiger partial charge < -0.3 is 9.73 Å². The van der Waals surface area contributed by atoms with E-state index in [0.29, 0.717) is 23.9 Å². The van der Waals surface area contributed by atoms with Crippen LogP contribution in [0.25, 0.3) is 0 Å². The lowest BCUT2D eigenvalue weighted by molar-refractivity contribution is 0.480. The third kappa shape index (κ3) is 1.57. The number of hydrogen-bond donors (Lipinski definition) is 1. The van der Waals surface area contributed by atoms with Gasteiger partial charge in [-0.3, -0.25) is 0 Å². The quantitative estimate of drug-likeness (QED) is 0.752. The fourth-order valence-electron chi connectivity index (χ4n) is 0.929. The van der Waals surface area contributed by atoms with Crippen molar-refractivity contribution in [1.29, 1.82) is 0 Å². The van der Waals surface area contributed by atoms with Crippen molar-refractivity contribution in [3.8, 4) is 0 Å². The molecular weight excluding hydrogens is 154 g/mol. The van der Waals surface area contributed by atoms with Crippen LogP contribution in [0.15, 0.2) is 4.42 Å². The summed E-state index contributed by atoms with van der Waals surface area (Å²) < 4.78 is 5.36. The van der Waals surface area contributed by atoms with Gasteiger partial charge in [0.2, 0.25) is 5.89 Å². The monoisotopic (exact) mass is 169 g/mol. The van der Waals surface area contributed by atoms with Crippen molar-refractivity contribution < 1.29 is 5.84 Å². The number of nitrogens with one attached hydrogen (secondary N) is 1. The van der Waals surface area contributed by atoms with E-state index in [9.17, 15) is 0 Å². The standard InChI is InChI=1S/C8H13N3O.H2/c1-5(2)7-10-11-8(12-7)9-6-3-4-6;/h5-6H,3-4H2,1-2H3,(H,9,11);1H. The van der Waals surface area contributed by atoms with Gasteiger partial charge in [-0.25, -0.2) is 0 Å². The second-order valence-corrected chi connectivity index (χ2v) is 3.52. The van der Waals surface area contributed by atoms with Crippen LogP contribution < -0.4 is 5.32 Å². The molecule has 1 heterocycles. The molecule has 1 aromatic rings. The van der Waals surface area contributed by atoms with Gasteiger partial charge in [0, 0.05) is 13.4 Å². The van der Waals surface area contributed by atoms with E-state index in [1.807, 2.05) is 13.8 Å². The molecule has 0 aliphatic heterocycles. The Hall–Kier alpha value is -1.06. The summed E-state index contributed by atoms with van der Waals surface area (Å²) >= 11 is 0. The van der Waals surface area contributed by atoms with E-state index in [0.717, 1.165) is 0 Å². The lowest BCUT2D eigenvalue weighted by Gasteiger charge is -1.96. The molecule has 1 fully saturated rings. The largest absolute Gasteiger partial charge is 0.408 e. The number of hydrogen-bond acceptors (Lipinski definition) is 4. The van der Waals surface area contributed by atoms with Crippen LogP contribution >= 0.6 is 0 Å². The molecule has 4 heteroatoms. The molecule has 0 radical (unpaired) electrons. The number of aromatic nitrogens is 2. The van der Waals surface area contributed by atoms with Gasteiger partial charge in [-0.15, -0.1) is 5.10 Å². The second-order valence-electron chi connectivity index (χ2n) is 3.52. The topological polar surface area (TPSA) is 51.0 Å². The van der Waals surface area contributed by atoms with Gasteiger partial charge in [-0.2, -0.15) is 0 Å². The van der Waals surface area contributed by atoms with Crippen LogP contribution in [-0.2, 0) is 0 Å². The van der Waals surface area contributed by atoms with Gasteiger partial charge in [-0.1, -0.05) is 18.9 Å². The molecule has 0 saturated heterocycles. The molecule has 0 amide bonds. The first kappa shape index (κ1) is 7.58. The average molecular weight is 169 g/mol. The summed E-state index contributed by atoms with van der Waals surface area (Å²) in [6.45, 7) is 4.07. The van der Waals surface area contributed by atoms with Crippen molar-refractivity contribution in [3.63, 3.8) is 0 Å². The summed E-state index contributed by atoms with van der Waals surface area (Å²) in [5, 5.41) is 11.0. The van der Waals surface area contributed by atoms with Crippen molar-refractivity contribution in [1.82, 2.24) is 10.2 Å². The van der Waals surface area contributed by atoms with Crippen molar-refractivity contribution in [3.05, 3.63) is 5.89 Å². The van der Waals surface area contributed by atoms with Crippen LogP contribution in [0.3, 0.4) is 0 Å². The summed E-state index contributed by atoms with van der Waals surface area (Å²) in [4.78, 5) is 0. The number of rotatable bonds is 3. The van der Waals surface area contributed by atoms with Gasteiger partial charge in [-0.05, 0) is 12.8 Å². The number of anilines is 1. The Bertz CT molecular complexity index is 270. The van der Waals surface area contributed by atoms with E-state index in [1.54, 1.807) is 0 Å². The average Bonchev–Trinajstić information content (AvgIpc) is 2.66. The molecule has 0 spiro atoms. The Morgan fingerprint density at radius 1 is 1.50 bits per heavy atom. The Morgan fingerprint density at radius 3 is 2.75 bits per heavy atom. The highest BCUT2D eigenvalue weighted by atomic mass is 16.4. The second kappa shape index (κ2) is 2.77. The molecule has 1 N–H and O–H groups in total. The van der Waals surface area contributed by atoms with Crippen LogP contribution in [0.2, 0.25) is 0 Å². The minimum absolute atomic E-state index is 0. The Morgan fingerprint density at radius 2 is 2.25 bits per heavy atom. The van der Waals surface area contributed by atoms with E-state index in [-0.39, 0.29) is 1.43 Å². The molecule has 0 unspecified atom stereocenters. The van der Waals surface area contributed by atoms with Gasteiger partial charge >= 0.3 is 6.01 Å². The summed E-state index contributed by atoms with van der Waals surface area (Å²) in [6, 6.07) is 1.15. The third-order valence-electron chi connectivity index (χ3n) is 1.84. The molecule has 1 aliphatic carbocycles. The third-order valence-corrected chi connectivity index (χ3v) is 1.84. The SMILES string of the molecule is CC(C)c1nnc(NC2CC2)o1.[HH]. The summed E-state index contributed by atoms with van der Waals surface area (Å²) in [5.74, 6) is 1.02. The van der Waals surface area contributed by atoms with Gasteiger partial charge in [0.15, 0.2) is 0 Å². The first-order chi connectivity index (χ1) is 5.75. The van der Waals surface area contributed by atoms with Crippen molar-refractivity contribution in [2.45, 2.75) is 38.6 Å². The molecule has 0 aromatic carbocycles. The molecule has 0 atom stereocenters. The Labute approximate surface area is 72.9 Å². The first-order valence-corrected chi connectivity index (χ1v) is 4.35. The smallest absolute Gasteiger partial charge is 0.315 e. The summed E-state index contributed by atoms with van der Waals surface area (Å²) in [7, 11) is 0. The highest BCUT2D eigenvalue weighted by molar-refractivity contribution is 5.22. The number of nitrogens with zero attached hydrogens (tertiary/aromatic N) is 2. The Balaban J connectivity index is 0.000000845. The van der Waals surface area contributed by atoms with E-state index in [2.05, 4.69) is 15.5 Å². The van der Waals surface area contributed by atoms with E-state index >= 15 is 0 Å². The molecule has 1 aromatic heterocycles. The summed E-state index contributed by atoms with van der Waals surface area (Å²) in [5.41, 5.74) is 0. The van der Waals surface area contributed by atoms with Crippen LogP contribution in [0.5, 0.6) is 0 Å². The molecule has 4 nitrogen and oxygen atoms in total. The van der Waals surface area contributed by atoms with Crippen molar-refractivity contribution >= 4 is 6.01 Å². The van der Waals surface area contributed by atoms with Crippen LogP contribution in [-0.4, -0.2) is 16.2 Å². The molecule has 1 aliphatic rings. The van der Waals surface area contributed by atoms with Crippen LogP contribution in [0, 0.1) is 0 Å². The zero-order valence-electron chi connectivity index (χ0n) is 7.37. The summed E-state index contributed by atoms with van der Waals surface area (Å²) in [6.07, 6.45) is 2.44. The maximum atomic E-state index is 5.36.